The highest BCUT2D eigenvalue weighted by Crippen LogP contribution is 2.35. The minimum absolute atomic E-state index is 0.147. The molecule has 0 aliphatic rings. The molecule has 0 amide bonds. The van der Waals surface area contributed by atoms with Crippen LogP contribution in [0, 0.1) is 0 Å². The van der Waals surface area contributed by atoms with Crippen molar-refractivity contribution < 1.29 is 9.84 Å². The lowest BCUT2D eigenvalue weighted by molar-refractivity contribution is 0.203. The molecule has 0 aromatic carbocycles. The van der Waals surface area contributed by atoms with Crippen LogP contribution >= 0.6 is 22.9 Å². The van der Waals surface area contributed by atoms with Gasteiger partial charge in [-0.25, -0.2) is 0 Å². The molecular weight excluding hydrogens is 272 g/mol. The van der Waals surface area contributed by atoms with Gasteiger partial charge in [-0.05, 0) is 26.0 Å². The first-order chi connectivity index (χ1) is 8.54. The van der Waals surface area contributed by atoms with Crippen molar-refractivity contribution in [2.75, 3.05) is 7.11 Å². The van der Waals surface area contributed by atoms with Crippen LogP contribution in [0.5, 0.6) is 5.75 Å². The van der Waals surface area contributed by atoms with E-state index in [1.54, 1.807) is 24.1 Å². The fourth-order valence-corrected chi connectivity index (χ4v) is 2.85. The topological polar surface area (TPSA) is 47.3 Å². The summed E-state index contributed by atoms with van der Waals surface area (Å²) in [5.74, 6) is 0.584. The van der Waals surface area contributed by atoms with E-state index in [1.165, 1.54) is 11.3 Å². The Morgan fingerprint density at radius 3 is 2.67 bits per heavy atom. The Morgan fingerprint density at radius 2 is 2.17 bits per heavy atom. The number of rotatable bonds is 4. The Hall–Kier alpha value is -1.04. The molecule has 0 aliphatic carbocycles. The number of aromatic nitrogens is 2. The first-order valence-corrected chi connectivity index (χ1v) is 6.78. The van der Waals surface area contributed by atoms with Crippen LogP contribution < -0.4 is 4.74 Å². The average molecular weight is 287 g/mol. The van der Waals surface area contributed by atoms with E-state index in [0.29, 0.717) is 15.8 Å². The largest absolute Gasteiger partial charge is 0.493 e. The third-order valence-electron chi connectivity index (χ3n) is 2.63. The lowest BCUT2D eigenvalue weighted by Crippen LogP contribution is -2.12. The van der Waals surface area contributed by atoms with Crippen LogP contribution in [0.3, 0.4) is 0 Å². The monoisotopic (exact) mass is 286 g/mol. The normalized spacial score (nSPS) is 13.0. The Bertz CT molecular complexity index is 536. The number of aliphatic hydroxyl groups is 1. The first kappa shape index (κ1) is 13.4. The molecule has 1 atom stereocenters. The van der Waals surface area contributed by atoms with Crippen LogP contribution in [0.15, 0.2) is 18.3 Å². The van der Waals surface area contributed by atoms with Crippen molar-refractivity contribution in [3.63, 3.8) is 0 Å². The van der Waals surface area contributed by atoms with Gasteiger partial charge in [-0.1, -0.05) is 11.6 Å². The van der Waals surface area contributed by atoms with Crippen molar-refractivity contribution >= 4 is 22.9 Å². The van der Waals surface area contributed by atoms with Crippen LogP contribution in [-0.4, -0.2) is 22.0 Å². The number of nitrogens with zero attached hydrogens (tertiary/aromatic N) is 2. The van der Waals surface area contributed by atoms with Gasteiger partial charge in [0.15, 0.2) is 5.75 Å². The van der Waals surface area contributed by atoms with Crippen molar-refractivity contribution in [1.82, 2.24) is 9.78 Å². The molecule has 0 radical (unpaired) electrons. The van der Waals surface area contributed by atoms with E-state index in [-0.39, 0.29) is 6.04 Å². The predicted molar refractivity (Wildman–Crippen MR) is 72.6 cm³/mol. The molecule has 4 nitrogen and oxygen atoms in total. The van der Waals surface area contributed by atoms with Gasteiger partial charge in [0.05, 0.1) is 17.6 Å². The maximum Gasteiger partial charge on any atom is 0.163 e. The van der Waals surface area contributed by atoms with Gasteiger partial charge < -0.3 is 9.84 Å². The summed E-state index contributed by atoms with van der Waals surface area (Å²) in [6.45, 7) is 4.01. The highest BCUT2D eigenvalue weighted by molar-refractivity contribution is 7.16. The number of ether oxygens (including phenoxy) is 1. The molecule has 98 valence electrons. The van der Waals surface area contributed by atoms with Crippen molar-refractivity contribution in [1.29, 1.82) is 0 Å². The highest BCUT2D eigenvalue weighted by atomic mass is 35.5. The quantitative estimate of drug-likeness (QED) is 0.938. The second kappa shape index (κ2) is 5.30. The number of hydrogen-bond donors (Lipinski definition) is 1. The zero-order valence-electron chi connectivity index (χ0n) is 10.4. The van der Waals surface area contributed by atoms with Crippen LogP contribution in [0.1, 0.15) is 36.6 Å². The van der Waals surface area contributed by atoms with E-state index < -0.39 is 6.10 Å². The van der Waals surface area contributed by atoms with Gasteiger partial charge in [0.1, 0.15) is 11.8 Å². The molecule has 6 heteroatoms. The molecule has 0 saturated carbocycles. The molecule has 1 unspecified atom stereocenters. The van der Waals surface area contributed by atoms with Gasteiger partial charge in [0.2, 0.25) is 0 Å². The van der Waals surface area contributed by atoms with Crippen LogP contribution in [0.2, 0.25) is 4.34 Å². The maximum atomic E-state index is 10.4. The number of aliphatic hydroxyl groups excluding tert-OH is 1. The lowest BCUT2D eigenvalue weighted by atomic mass is 10.2. The number of hydrogen-bond acceptors (Lipinski definition) is 4. The molecule has 0 fully saturated rings. The first-order valence-electron chi connectivity index (χ1n) is 5.59. The molecule has 1 N–H and O–H groups in total. The Morgan fingerprint density at radius 1 is 1.44 bits per heavy atom. The summed E-state index contributed by atoms with van der Waals surface area (Å²) < 4.78 is 7.67. The maximum absolute atomic E-state index is 10.4. The number of halogens is 1. The summed E-state index contributed by atoms with van der Waals surface area (Å²) in [6, 6.07) is 3.73. The molecule has 2 rings (SSSR count). The number of methoxy groups -OCH3 is 1. The minimum Gasteiger partial charge on any atom is -0.493 e. The predicted octanol–water partition coefficient (Wildman–Crippen LogP) is 3.27. The fourth-order valence-electron chi connectivity index (χ4n) is 1.79. The Labute approximate surface area is 115 Å². The summed E-state index contributed by atoms with van der Waals surface area (Å²) in [6.07, 6.45) is 0.843. The van der Waals surface area contributed by atoms with Gasteiger partial charge in [0.25, 0.3) is 0 Å². The van der Waals surface area contributed by atoms with E-state index >= 15 is 0 Å². The molecular formula is C12H15ClN2O2S. The minimum atomic E-state index is -0.776. The molecule has 0 spiro atoms. The van der Waals surface area contributed by atoms with Gasteiger partial charge in [-0.15, -0.1) is 11.3 Å². The van der Waals surface area contributed by atoms with Gasteiger partial charge in [0, 0.05) is 10.9 Å². The highest BCUT2D eigenvalue weighted by Gasteiger charge is 2.24. The van der Waals surface area contributed by atoms with Crippen molar-refractivity contribution in [3.05, 3.63) is 33.2 Å². The number of thiophene rings is 1. The summed E-state index contributed by atoms with van der Waals surface area (Å²) in [5, 5.41) is 14.7. The second-order valence-electron chi connectivity index (χ2n) is 4.18. The molecule has 18 heavy (non-hydrogen) atoms. The summed E-state index contributed by atoms with van der Waals surface area (Å²) in [5.41, 5.74) is 0.658. The van der Waals surface area contributed by atoms with E-state index in [9.17, 15) is 5.11 Å². The van der Waals surface area contributed by atoms with E-state index in [2.05, 4.69) is 5.10 Å². The fraction of sp³-hybridized carbons (Fsp3) is 0.417. The zero-order chi connectivity index (χ0) is 13.3. The van der Waals surface area contributed by atoms with Crippen LogP contribution in [-0.2, 0) is 0 Å². The Balaban J connectivity index is 2.45. The third-order valence-corrected chi connectivity index (χ3v) is 3.91. The van der Waals surface area contributed by atoms with Gasteiger partial charge in [-0.2, -0.15) is 5.10 Å². The summed E-state index contributed by atoms with van der Waals surface area (Å²) in [4.78, 5) is 0.778. The van der Waals surface area contributed by atoms with E-state index in [1.807, 2.05) is 19.9 Å². The molecule has 0 saturated heterocycles. The lowest BCUT2D eigenvalue weighted by Gasteiger charge is -2.16. The molecule has 0 aliphatic heterocycles. The average Bonchev–Trinajstić information content (AvgIpc) is 2.93. The van der Waals surface area contributed by atoms with E-state index in [4.69, 9.17) is 16.3 Å². The summed E-state index contributed by atoms with van der Waals surface area (Å²) in [7, 11) is 1.57. The van der Waals surface area contributed by atoms with Crippen LogP contribution in [0.4, 0.5) is 0 Å². The standard InChI is InChI=1S/C12H15ClN2O2S/c1-7(2)15-11(8(17-3)6-14-15)12(16)9-4-5-10(13)18-9/h4-7,12,16H,1-3H3. The van der Waals surface area contributed by atoms with Crippen molar-refractivity contribution in [2.45, 2.75) is 26.0 Å². The van der Waals surface area contributed by atoms with Crippen molar-refractivity contribution in [3.8, 4) is 5.75 Å². The smallest absolute Gasteiger partial charge is 0.163 e. The molecule has 2 aromatic heterocycles. The van der Waals surface area contributed by atoms with Crippen LogP contribution in [0.25, 0.3) is 0 Å². The molecule has 2 heterocycles. The van der Waals surface area contributed by atoms with Crippen molar-refractivity contribution in [2.24, 2.45) is 0 Å². The molecule has 2 aromatic rings. The SMILES string of the molecule is COc1cnn(C(C)C)c1C(O)c1ccc(Cl)s1. The molecule has 0 bridgehead atoms. The second-order valence-corrected chi connectivity index (χ2v) is 5.93. The van der Waals surface area contributed by atoms with Gasteiger partial charge >= 0.3 is 0 Å². The zero-order valence-corrected chi connectivity index (χ0v) is 12.0. The third kappa shape index (κ3) is 2.39. The summed E-state index contributed by atoms with van der Waals surface area (Å²) >= 11 is 7.25. The van der Waals surface area contributed by atoms with E-state index in [0.717, 1.165) is 4.88 Å². The Kier molecular flexibility index (Phi) is 3.94. The van der Waals surface area contributed by atoms with Gasteiger partial charge in [-0.3, -0.25) is 4.68 Å².